The van der Waals surface area contributed by atoms with E-state index in [1.54, 1.807) is 0 Å². The topological polar surface area (TPSA) is 91.2 Å². The summed E-state index contributed by atoms with van der Waals surface area (Å²) >= 11 is 0. The van der Waals surface area contributed by atoms with Gasteiger partial charge in [-0.1, -0.05) is 27.7 Å². The zero-order chi connectivity index (χ0) is 24.9. The van der Waals surface area contributed by atoms with Gasteiger partial charge in [-0.15, -0.1) is 0 Å². The molecule has 1 atom stereocenters. The quantitative estimate of drug-likeness (QED) is 0.683. The highest BCUT2D eigenvalue weighted by Gasteiger charge is 2.20. The number of aliphatic hydroxyl groups excluding tert-OH is 2. The molecule has 190 valence electrons. The lowest BCUT2D eigenvalue weighted by atomic mass is 10.1. The van der Waals surface area contributed by atoms with E-state index in [0.717, 1.165) is 63.6 Å². The fourth-order valence-electron chi connectivity index (χ4n) is 3.74. The van der Waals surface area contributed by atoms with Crippen LogP contribution in [0.1, 0.15) is 50.9 Å². The van der Waals surface area contributed by atoms with E-state index >= 15 is 0 Å². The zero-order valence-corrected chi connectivity index (χ0v) is 21.4. The molecule has 0 radical (unpaired) electrons. The van der Waals surface area contributed by atoms with Crippen LogP contribution in [0.5, 0.6) is 0 Å². The molecule has 0 spiro atoms. The Morgan fingerprint density at radius 1 is 0.824 bits per heavy atom. The van der Waals surface area contributed by atoms with E-state index in [4.69, 9.17) is 19.7 Å². The molecule has 8 nitrogen and oxygen atoms in total. The summed E-state index contributed by atoms with van der Waals surface area (Å²) in [5.41, 5.74) is 4.59. The fourth-order valence-corrected chi connectivity index (χ4v) is 3.74. The van der Waals surface area contributed by atoms with Gasteiger partial charge in [-0.05, 0) is 36.1 Å². The number of pyridine rings is 2. The van der Waals surface area contributed by atoms with Gasteiger partial charge >= 0.3 is 0 Å². The molecule has 2 aliphatic rings. The van der Waals surface area contributed by atoms with Crippen molar-refractivity contribution in [2.45, 2.75) is 45.6 Å². The highest BCUT2D eigenvalue weighted by molar-refractivity contribution is 5.46. The van der Waals surface area contributed by atoms with Crippen LogP contribution in [0.4, 0.5) is 11.4 Å². The van der Waals surface area contributed by atoms with Crippen molar-refractivity contribution in [1.29, 1.82) is 0 Å². The molecule has 0 saturated carbocycles. The maximum Gasteiger partial charge on any atom is 0.0980 e. The molecule has 2 aromatic rings. The van der Waals surface area contributed by atoms with Crippen LogP contribution < -0.4 is 9.80 Å². The first kappa shape index (κ1) is 28.0. The number of hydrogen-bond donors (Lipinski definition) is 2. The first-order chi connectivity index (χ1) is 16.5. The van der Waals surface area contributed by atoms with Gasteiger partial charge in [0.05, 0.1) is 56.3 Å². The highest BCUT2D eigenvalue weighted by atomic mass is 16.5. The number of aromatic nitrogens is 2. The molecule has 0 bridgehead atoms. The van der Waals surface area contributed by atoms with Crippen molar-refractivity contribution in [3.63, 3.8) is 0 Å². The lowest BCUT2D eigenvalue weighted by Crippen LogP contribution is -2.44. The minimum atomic E-state index is -0.0754. The van der Waals surface area contributed by atoms with Crippen LogP contribution in [0.15, 0.2) is 36.7 Å². The Morgan fingerprint density at radius 2 is 1.32 bits per heavy atom. The fraction of sp³-hybridized carbons (Fsp3) is 0.615. The van der Waals surface area contributed by atoms with E-state index in [9.17, 15) is 0 Å². The van der Waals surface area contributed by atoms with E-state index in [1.165, 1.54) is 5.69 Å². The van der Waals surface area contributed by atoms with Crippen molar-refractivity contribution < 1.29 is 19.7 Å². The molecule has 2 N–H and O–H groups in total. The van der Waals surface area contributed by atoms with Gasteiger partial charge in [-0.2, -0.15) is 0 Å². The third kappa shape index (κ3) is 8.51. The average molecular weight is 475 g/mol. The molecule has 0 aromatic carbocycles. The first-order valence-electron chi connectivity index (χ1n) is 12.1. The van der Waals surface area contributed by atoms with Gasteiger partial charge in [-0.3, -0.25) is 9.97 Å². The molecular weight excluding hydrogens is 432 g/mol. The number of anilines is 2. The summed E-state index contributed by atoms with van der Waals surface area (Å²) in [5, 5.41) is 16.1. The Balaban J connectivity index is 0.000000225. The second-order valence-corrected chi connectivity index (χ2v) is 8.91. The highest BCUT2D eigenvalue weighted by Crippen LogP contribution is 2.20. The van der Waals surface area contributed by atoms with Crippen LogP contribution in [-0.2, 0) is 9.47 Å². The van der Waals surface area contributed by atoms with E-state index < -0.39 is 0 Å². The number of nitrogens with zero attached hydrogens (tertiary/aromatic N) is 4. The Labute approximate surface area is 204 Å². The molecule has 0 amide bonds. The molecule has 0 aliphatic carbocycles. The van der Waals surface area contributed by atoms with E-state index in [0.29, 0.717) is 18.4 Å². The lowest BCUT2D eigenvalue weighted by Gasteiger charge is -2.33. The van der Waals surface area contributed by atoms with Crippen LogP contribution in [0.3, 0.4) is 0 Å². The van der Waals surface area contributed by atoms with Gasteiger partial charge < -0.3 is 29.5 Å². The van der Waals surface area contributed by atoms with Crippen molar-refractivity contribution in [1.82, 2.24) is 9.97 Å². The summed E-state index contributed by atoms with van der Waals surface area (Å²) in [4.78, 5) is 13.5. The Bertz CT molecular complexity index is 793. The molecule has 1 unspecified atom stereocenters. The normalized spacial score (nSPS) is 18.2. The summed E-state index contributed by atoms with van der Waals surface area (Å²) in [6.07, 6.45) is 3.81. The summed E-state index contributed by atoms with van der Waals surface area (Å²) in [7, 11) is 1.00. The van der Waals surface area contributed by atoms with Crippen molar-refractivity contribution in [3.05, 3.63) is 48.0 Å². The SMILES string of the molecule is CC(C)c1ccc(N2CCOC(CO)C2)cn1.CC(C)c1ccc(N2CCOCC2)cn1.CO. The largest absolute Gasteiger partial charge is 0.400 e. The number of hydrogen-bond acceptors (Lipinski definition) is 8. The van der Waals surface area contributed by atoms with Crippen molar-refractivity contribution >= 4 is 11.4 Å². The molecule has 8 heteroatoms. The summed E-state index contributed by atoms with van der Waals surface area (Å²) < 4.78 is 10.7. The standard InChI is InChI=1S/C13H20N2O2.C12H18N2O.CH4O/c1-10(2)13-4-3-11(7-14-13)15-5-6-17-12(8-15)9-16;1-10(2)12-4-3-11(9-13-12)14-5-7-15-8-6-14;1-2/h3-4,7,10,12,16H,5-6,8-9H2,1-2H3;3-4,9-10H,5-8H2,1-2H3;2H,1H3. The Kier molecular flexibility index (Phi) is 12.2. The third-order valence-electron chi connectivity index (χ3n) is 5.81. The van der Waals surface area contributed by atoms with Crippen molar-refractivity contribution in [3.8, 4) is 0 Å². The van der Waals surface area contributed by atoms with Crippen LogP contribution >= 0.6 is 0 Å². The summed E-state index contributed by atoms with van der Waals surface area (Å²) in [6, 6.07) is 8.45. The van der Waals surface area contributed by atoms with Crippen LogP contribution in [0.25, 0.3) is 0 Å². The second kappa shape index (κ2) is 14.9. The van der Waals surface area contributed by atoms with Gasteiger partial charge in [-0.25, -0.2) is 0 Å². The van der Waals surface area contributed by atoms with E-state index in [2.05, 4.69) is 71.7 Å². The summed E-state index contributed by atoms with van der Waals surface area (Å²) in [6.45, 7) is 14.5. The van der Waals surface area contributed by atoms with Gasteiger partial charge in [0.2, 0.25) is 0 Å². The average Bonchev–Trinajstić information content (AvgIpc) is 2.91. The lowest BCUT2D eigenvalue weighted by molar-refractivity contribution is 0.00355. The number of morpholine rings is 2. The Hall–Kier alpha value is -2.26. The summed E-state index contributed by atoms with van der Waals surface area (Å²) in [5.74, 6) is 0.961. The third-order valence-corrected chi connectivity index (χ3v) is 5.81. The van der Waals surface area contributed by atoms with Crippen LogP contribution in [0, 0.1) is 0 Å². The van der Waals surface area contributed by atoms with Gasteiger partial charge in [0.15, 0.2) is 0 Å². The molecule has 4 rings (SSSR count). The van der Waals surface area contributed by atoms with Gasteiger partial charge in [0, 0.05) is 44.7 Å². The molecule has 2 fully saturated rings. The molecule has 2 saturated heterocycles. The first-order valence-corrected chi connectivity index (χ1v) is 12.1. The predicted molar refractivity (Wildman–Crippen MR) is 137 cm³/mol. The second-order valence-electron chi connectivity index (χ2n) is 8.91. The molecule has 2 aliphatic heterocycles. The van der Waals surface area contributed by atoms with E-state index in [-0.39, 0.29) is 12.7 Å². The van der Waals surface area contributed by atoms with Crippen molar-refractivity contribution in [2.75, 3.05) is 69.5 Å². The monoisotopic (exact) mass is 474 g/mol. The number of rotatable bonds is 5. The maximum atomic E-state index is 9.11. The molecular formula is C26H42N4O4. The van der Waals surface area contributed by atoms with Crippen molar-refractivity contribution in [2.24, 2.45) is 0 Å². The van der Waals surface area contributed by atoms with Crippen LogP contribution in [-0.4, -0.2) is 86.0 Å². The minimum absolute atomic E-state index is 0.0754. The molecule has 4 heterocycles. The molecule has 2 aromatic heterocycles. The molecule has 34 heavy (non-hydrogen) atoms. The van der Waals surface area contributed by atoms with Gasteiger partial charge in [0.25, 0.3) is 0 Å². The van der Waals surface area contributed by atoms with Gasteiger partial charge in [0.1, 0.15) is 0 Å². The Morgan fingerprint density at radius 3 is 1.76 bits per heavy atom. The predicted octanol–water partition coefficient (Wildman–Crippen LogP) is 3.05. The maximum absolute atomic E-state index is 9.11. The number of ether oxygens (including phenoxy) is 2. The smallest absolute Gasteiger partial charge is 0.0980 e. The zero-order valence-electron chi connectivity index (χ0n) is 21.4. The van der Waals surface area contributed by atoms with E-state index in [1.807, 2.05) is 12.4 Å². The minimum Gasteiger partial charge on any atom is -0.400 e. The van der Waals surface area contributed by atoms with Crippen LogP contribution in [0.2, 0.25) is 0 Å². The number of aliphatic hydroxyl groups is 2.